The zero-order chi connectivity index (χ0) is 15.0. The standard InChI is InChI=1S/C19H25N3/c20-14-19(10-2-1-3-11-19)16-5-4-6-17(13-16)22-18(9-12-21-22)15-7-8-15/h4-6,9,12-13,15H,1-3,7-8,10-11,14,20H2. The van der Waals surface area contributed by atoms with E-state index < -0.39 is 0 Å². The Balaban J connectivity index is 1.72. The van der Waals surface area contributed by atoms with Gasteiger partial charge in [0, 0.05) is 29.8 Å². The minimum absolute atomic E-state index is 0.182. The predicted octanol–water partition coefficient (Wildman–Crippen LogP) is 3.91. The minimum Gasteiger partial charge on any atom is -0.330 e. The molecule has 0 spiro atoms. The zero-order valence-corrected chi connectivity index (χ0v) is 13.2. The van der Waals surface area contributed by atoms with Gasteiger partial charge in [-0.25, -0.2) is 4.68 Å². The lowest BCUT2D eigenvalue weighted by molar-refractivity contribution is 0.301. The molecule has 2 aliphatic rings. The molecule has 2 N–H and O–H groups in total. The number of aromatic nitrogens is 2. The number of benzene rings is 1. The number of hydrogen-bond donors (Lipinski definition) is 1. The van der Waals surface area contributed by atoms with Crippen LogP contribution in [0.25, 0.3) is 5.69 Å². The predicted molar refractivity (Wildman–Crippen MR) is 89.4 cm³/mol. The van der Waals surface area contributed by atoms with Gasteiger partial charge >= 0.3 is 0 Å². The molecule has 4 rings (SSSR count). The lowest BCUT2D eigenvalue weighted by Crippen LogP contribution is -2.37. The summed E-state index contributed by atoms with van der Waals surface area (Å²) < 4.78 is 2.13. The fourth-order valence-electron chi connectivity index (χ4n) is 4.02. The third-order valence-electron chi connectivity index (χ3n) is 5.57. The Morgan fingerprint density at radius 1 is 1.14 bits per heavy atom. The maximum Gasteiger partial charge on any atom is 0.0651 e. The van der Waals surface area contributed by atoms with Crippen molar-refractivity contribution in [1.82, 2.24) is 9.78 Å². The average molecular weight is 295 g/mol. The lowest BCUT2D eigenvalue weighted by atomic mass is 9.69. The molecule has 116 valence electrons. The molecule has 2 aromatic rings. The van der Waals surface area contributed by atoms with E-state index in [-0.39, 0.29) is 5.41 Å². The average Bonchev–Trinajstić information content (AvgIpc) is 3.32. The Bertz CT molecular complexity index is 648. The molecule has 2 saturated carbocycles. The highest BCUT2D eigenvalue weighted by atomic mass is 15.3. The second kappa shape index (κ2) is 5.54. The van der Waals surface area contributed by atoms with Gasteiger partial charge in [-0.1, -0.05) is 31.4 Å². The van der Waals surface area contributed by atoms with Crippen LogP contribution in [0.3, 0.4) is 0 Å². The van der Waals surface area contributed by atoms with Crippen LogP contribution >= 0.6 is 0 Å². The molecule has 0 saturated heterocycles. The lowest BCUT2D eigenvalue weighted by Gasteiger charge is -2.37. The van der Waals surface area contributed by atoms with Gasteiger partial charge in [0.15, 0.2) is 0 Å². The van der Waals surface area contributed by atoms with Crippen molar-refractivity contribution in [1.29, 1.82) is 0 Å². The molecule has 2 fully saturated rings. The van der Waals surface area contributed by atoms with Crippen LogP contribution in [-0.4, -0.2) is 16.3 Å². The normalized spacial score (nSPS) is 21.0. The van der Waals surface area contributed by atoms with Crippen molar-refractivity contribution in [2.24, 2.45) is 5.73 Å². The third kappa shape index (κ3) is 2.38. The SMILES string of the molecule is NCC1(c2cccc(-n3nccc3C3CC3)c2)CCCCC1. The first-order valence-electron chi connectivity index (χ1n) is 8.67. The van der Waals surface area contributed by atoms with Gasteiger partial charge in [0.2, 0.25) is 0 Å². The second-order valence-electron chi connectivity index (χ2n) is 7.04. The number of rotatable bonds is 4. The summed E-state index contributed by atoms with van der Waals surface area (Å²) >= 11 is 0. The molecule has 0 aliphatic heterocycles. The molecule has 0 amide bonds. The number of nitrogens with two attached hydrogens (primary N) is 1. The zero-order valence-electron chi connectivity index (χ0n) is 13.2. The van der Waals surface area contributed by atoms with Gasteiger partial charge in [-0.15, -0.1) is 0 Å². The van der Waals surface area contributed by atoms with Crippen LogP contribution in [0.2, 0.25) is 0 Å². The second-order valence-corrected chi connectivity index (χ2v) is 7.04. The summed E-state index contributed by atoms with van der Waals surface area (Å²) in [6.45, 7) is 0.755. The maximum atomic E-state index is 6.20. The van der Waals surface area contributed by atoms with Crippen molar-refractivity contribution >= 4 is 0 Å². The third-order valence-corrected chi connectivity index (χ3v) is 5.57. The van der Waals surface area contributed by atoms with Gasteiger partial charge < -0.3 is 5.73 Å². The fourth-order valence-corrected chi connectivity index (χ4v) is 4.02. The maximum absolute atomic E-state index is 6.20. The van der Waals surface area contributed by atoms with Crippen LogP contribution in [0.1, 0.15) is 62.1 Å². The molecule has 0 bridgehead atoms. The summed E-state index contributed by atoms with van der Waals surface area (Å²) in [6, 6.07) is 11.1. The molecule has 0 unspecified atom stereocenters. The van der Waals surface area contributed by atoms with Crippen LogP contribution in [0.4, 0.5) is 0 Å². The monoisotopic (exact) mass is 295 g/mol. The first-order chi connectivity index (χ1) is 10.8. The van der Waals surface area contributed by atoms with E-state index in [2.05, 4.69) is 40.1 Å². The molecule has 2 aliphatic carbocycles. The van der Waals surface area contributed by atoms with E-state index >= 15 is 0 Å². The molecule has 3 nitrogen and oxygen atoms in total. The Morgan fingerprint density at radius 3 is 2.68 bits per heavy atom. The van der Waals surface area contributed by atoms with E-state index in [0.717, 1.165) is 6.54 Å². The summed E-state index contributed by atoms with van der Waals surface area (Å²) in [6.07, 6.45) is 10.9. The van der Waals surface area contributed by atoms with Crippen molar-refractivity contribution in [3.8, 4) is 5.69 Å². The van der Waals surface area contributed by atoms with E-state index in [1.807, 2.05) is 6.20 Å². The summed E-state index contributed by atoms with van der Waals surface area (Å²) in [7, 11) is 0. The van der Waals surface area contributed by atoms with Gasteiger partial charge in [-0.2, -0.15) is 5.10 Å². The van der Waals surface area contributed by atoms with Crippen molar-refractivity contribution in [2.45, 2.75) is 56.3 Å². The number of nitrogens with zero attached hydrogens (tertiary/aromatic N) is 2. The molecule has 1 aromatic carbocycles. The molecule has 1 heterocycles. The molecule has 1 aromatic heterocycles. The van der Waals surface area contributed by atoms with E-state index in [9.17, 15) is 0 Å². The quantitative estimate of drug-likeness (QED) is 0.929. The number of hydrogen-bond acceptors (Lipinski definition) is 2. The highest BCUT2D eigenvalue weighted by Gasteiger charge is 2.33. The van der Waals surface area contributed by atoms with Gasteiger partial charge in [0.25, 0.3) is 0 Å². The molecule has 0 atom stereocenters. The fraction of sp³-hybridized carbons (Fsp3) is 0.526. The van der Waals surface area contributed by atoms with Gasteiger partial charge in [0.05, 0.1) is 5.69 Å². The Kier molecular flexibility index (Phi) is 3.53. The Morgan fingerprint density at radius 2 is 1.95 bits per heavy atom. The van der Waals surface area contributed by atoms with Gasteiger partial charge in [0.1, 0.15) is 0 Å². The van der Waals surface area contributed by atoms with E-state index in [1.165, 1.54) is 61.9 Å². The summed E-state index contributed by atoms with van der Waals surface area (Å²) in [4.78, 5) is 0. The molecular weight excluding hydrogens is 270 g/mol. The molecular formula is C19H25N3. The molecule has 0 radical (unpaired) electrons. The van der Waals surface area contributed by atoms with Crippen LogP contribution in [-0.2, 0) is 5.41 Å². The summed E-state index contributed by atoms with van der Waals surface area (Å²) in [5.41, 5.74) is 10.4. The van der Waals surface area contributed by atoms with Crippen LogP contribution in [0.5, 0.6) is 0 Å². The van der Waals surface area contributed by atoms with Crippen LogP contribution < -0.4 is 5.73 Å². The molecule has 3 heteroatoms. The first-order valence-corrected chi connectivity index (χ1v) is 8.67. The first kappa shape index (κ1) is 14.0. The largest absolute Gasteiger partial charge is 0.330 e. The highest BCUT2D eigenvalue weighted by Crippen LogP contribution is 2.42. The van der Waals surface area contributed by atoms with Gasteiger partial charge in [-0.3, -0.25) is 0 Å². The summed E-state index contributed by atoms with van der Waals surface area (Å²) in [5.74, 6) is 0.712. The Labute approximate surface area is 132 Å². The van der Waals surface area contributed by atoms with Crippen molar-refractivity contribution in [2.75, 3.05) is 6.54 Å². The van der Waals surface area contributed by atoms with Crippen LogP contribution in [0, 0.1) is 0 Å². The molecule has 22 heavy (non-hydrogen) atoms. The Hall–Kier alpha value is -1.61. The van der Waals surface area contributed by atoms with Crippen molar-refractivity contribution in [3.63, 3.8) is 0 Å². The van der Waals surface area contributed by atoms with E-state index in [0.29, 0.717) is 5.92 Å². The van der Waals surface area contributed by atoms with Crippen molar-refractivity contribution in [3.05, 3.63) is 47.8 Å². The van der Waals surface area contributed by atoms with Crippen LogP contribution in [0.15, 0.2) is 36.5 Å². The van der Waals surface area contributed by atoms with E-state index in [1.54, 1.807) is 0 Å². The minimum atomic E-state index is 0.182. The smallest absolute Gasteiger partial charge is 0.0651 e. The van der Waals surface area contributed by atoms with Crippen molar-refractivity contribution < 1.29 is 0 Å². The topological polar surface area (TPSA) is 43.8 Å². The van der Waals surface area contributed by atoms with Gasteiger partial charge in [-0.05, 0) is 49.4 Å². The van der Waals surface area contributed by atoms with E-state index in [4.69, 9.17) is 5.73 Å². The summed E-state index contributed by atoms with van der Waals surface area (Å²) in [5, 5.41) is 4.57. The highest BCUT2D eigenvalue weighted by molar-refractivity contribution is 5.41.